The lowest BCUT2D eigenvalue weighted by atomic mass is 10.1. The summed E-state index contributed by atoms with van der Waals surface area (Å²) < 4.78 is 10.2. The third kappa shape index (κ3) is 4.03. The number of rotatable bonds is 3. The van der Waals surface area contributed by atoms with Crippen molar-refractivity contribution in [3.05, 3.63) is 35.4 Å². The van der Waals surface area contributed by atoms with E-state index in [4.69, 9.17) is 4.74 Å². The number of benzene rings is 1. The zero-order valence-corrected chi connectivity index (χ0v) is 10.2. The maximum atomic E-state index is 11.2. The van der Waals surface area contributed by atoms with E-state index in [-0.39, 0.29) is 11.6 Å². The number of ether oxygens (including phenoxy) is 2. The average molecular weight is 222 g/mol. The van der Waals surface area contributed by atoms with Crippen molar-refractivity contribution in [1.29, 1.82) is 0 Å². The van der Waals surface area contributed by atoms with Crippen molar-refractivity contribution in [2.24, 2.45) is 0 Å². The van der Waals surface area contributed by atoms with Crippen LogP contribution in [0.15, 0.2) is 24.3 Å². The molecule has 1 aromatic rings. The van der Waals surface area contributed by atoms with Gasteiger partial charge in [-0.25, -0.2) is 4.79 Å². The number of carbonyl (C=O) groups is 1. The molecule has 0 saturated heterocycles. The van der Waals surface area contributed by atoms with Crippen LogP contribution in [-0.2, 0) is 16.1 Å². The van der Waals surface area contributed by atoms with E-state index in [9.17, 15) is 4.79 Å². The van der Waals surface area contributed by atoms with Crippen molar-refractivity contribution in [2.45, 2.75) is 33.0 Å². The van der Waals surface area contributed by atoms with Crippen LogP contribution >= 0.6 is 0 Å². The molecule has 0 aliphatic heterocycles. The normalized spacial score (nSPS) is 11.2. The summed E-state index contributed by atoms with van der Waals surface area (Å²) >= 11 is 0. The Morgan fingerprint density at radius 3 is 2.19 bits per heavy atom. The number of hydrogen-bond donors (Lipinski definition) is 0. The summed E-state index contributed by atoms with van der Waals surface area (Å²) in [4.78, 5) is 11.2. The second-order valence-electron chi connectivity index (χ2n) is 4.59. The second-order valence-corrected chi connectivity index (χ2v) is 4.59. The number of methoxy groups -OCH3 is 1. The van der Waals surface area contributed by atoms with Crippen LogP contribution in [-0.4, -0.2) is 18.7 Å². The zero-order valence-electron chi connectivity index (χ0n) is 10.2. The summed E-state index contributed by atoms with van der Waals surface area (Å²) in [6.07, 6.45) is 0. The first kappa shape index (κ1) is 12.7. The minimum absolute atomic E-state index is 0.152. The molecule has 16 heavy (non-hydrogen) atoms. The van der Waals surface area contributed by atoms with Gasteiger partial charge in [0.1, 0.15) is 0 Å². The third-order valence-corrected chi connectivity index (χ3v) is 2.05. The first-order chi connectivity index (χ1) is 7.42. The highest BCUT2D eigenvalue weighted by molar-refractivity contribution is 5.89. The van der Waals surface area contributed by atoms with E-state index in [1.165, 1.54) is 7.11 Å². The van der Waals surface area contributed by atoms with E-state index in [1.54, 1.807) is 12.1 Å². The molecule has 0 radical (unpaired) electrons. The Bertz CT molecular complexity index is 346. The van der Waals surface area contributed by atoms with Crippen molar-refractivity contribution in [3.63, 3.8) is 0 Å². The highest BCUT2D eigenvalue weighted by Crippen LogP contribution is 2.12. The Hall–Kier alpha value is -1.35. The minimum Gasteiger partial charge on any atom is -0.465 e. The lowest BCUT2D eigenvalue weighted by Gasteiger charge is -2.19. The molecule has 1 aromatic carbocycles. The van der Waals surface area contributed by atoms with Gasteiger partial charge in [-0.15, -0.1) is 0 Å². The molecule has 0 aliphatic rings. The fraction of sp³-hybridized carbons (Fsp3) is 0.462. The molecule has 1 rings (SSSR count). The number of hydrogen-bond acceptors (Lipinski definition) is 3. The maximum absolute atomic E-state index is 11.2. The number of carbonyl (C=O) groups excluding carboxylic acids is 1. The molecule has 0 heterocycles. The maximum Gasteiger partial charge on any atom is 0.337 e. The Kier molecular flexibility index (Phi) is 4.07. The molecule has 0 spiro atoms. The Labute approximate surface area is 96.4 Å². The summed E-state index contributed by atoms with van der Waals surface area (Å²) in [5.74, 6) is -0.316. The van der Waals surface area contributed by atoms with Gasteiger partial charge in [-0.3, -0.25) is 0 Å². The fourth-order valence-electron chi connectivity index (χ4n) is 1.15. The van der Waals surface area contributed by atoms with Gasteiger partial charge in [-0.05, 0) is 38.5 Å². The smallest absolute Gasteiger partial charge is 0.337 e. The fourth-order valence-corrected chi connectivity index (χ4v) is 1.15. The van der Waals surface area contributed by atoms with Crippen molar-refractivity contribution in [3.8, 4) is 0 Å². The molecule has 0 atom stereocenters. The molecular formula is C13H18O3. The highest BCUT2D eigenvalue weighted by Gasteiger charge is 2.10. The van der Waals surface area contributed by atoms with Gasteiger partial charge in [0.25, 0.3) is 0 Å². The van der Waals surface area contributed by atoms with Crippen LogP contribution in [0, 0.1) is 0 Å². The quantitative estimate of drug-likeness (QED) is 0.738. The molecule has 0 fully saturated rings. The van der Waals surface area contributed by atoms with Crippen LogP contribution in [0.5, 0.6) is 0 Å². The van der Waals surface area contributed by atoms with Crippen molar-refractivity contribution < 1.29 is 14.3 Å². The third-order valence-electron chi connectivity index (χ3n) is 2.05. The summed E-state index contributed by atoms with van der Waals surface area (Å²) in [6.45, 7) is 6.58. The van der Waals surface area contributed by atoms with Gasteiger partial charge in [0.05, 0.1) is 24.9 Å². The van der Waals surface area contributed by atoms with E-state index in [2.05, 4.69) is 4.74 Å². The summed E-state index contributed by atoms with van der Waals surface area (Å²) in [5.41, 5.74) is 1.45. The van der Waals surface area contributed by atoms with Crippen LogP contribution in [0.25, 0.3) is 0 Å². The molecule has 0 unspecified atom stereocenters. The predicted molar refractivity (Wildman–Crippen MR) is 62.3 cm³/mol. The molecule has 3 nitrogen and oxygen atoms in total. The molecule has 0 saturated carbocycles. The predicted octanol–water partition coefficient (Wildman–Crippen LogP) is 2.79. The molecule has 0 bridgehead atoms. The first-order valence-corrected chi connectivity index (χ1v) is 5.23. The van der Waals surface area contributed by atoms with Gasteiger partial charge in [0.2, 0.25) is 0 Å². The van der Waals surface area contributed by atoms with Crippen LogP contribution in [0.3, 0.4) is 0 Å². The largest absolute Gasteiger partial charge is 0.465 e. The SMILES string of the molecule is COC(=O)c1ccc(COC(C)(C)C)cc1. The molecule has 0 amide bonds. The molecule has 0 N–H and O–H groups in total. The molecule has 0 aliphatic carbocycles. The van der Waals surface area contributed by atoms with Crippen molar-refractivity contribution >= 4 is 5.97 Å². The van der Waals surface area contributed by atoms with E-state index in [1.807, 2.05) is 32.9 Å². The molecule has 0 aromatic heterocycles. The zero-order chi connectivity index (χ0) is 12.2. The lowest BCUT2D eigenvalue weighted by Crippen LogP contribution is -2.18. The van der Waals surface area contributed by atoms with Crippen LogP contribution in [0.2, 0.25) is 0 Å². The van der Waals surface area contributed by atoms with Crippen LogP contribution in [0.1, 0.15) is 36.7 Å². The molecular weight excluding hydrogens is 204 g/mol. The van der Waals surface area contributed by atoms with Gasteiger partial charge in [-0.2, -0.15) is 0 Å². The van der Waals surface area contributed by atoms with E-state index in [0.717, 1.165) is 5.56 Å². The van der Waals surface area contributed by atoms with Gasteiger partial charge >= 0.3 is 5.97 Å². The topological polar surface area (TPSA) is 35.5 Å². The lowest BCUT2D eigenvalue weighted by molar-refractivity contribution is -0.0149. The Morgan fingerprint density at radius 1 is 1.19 bits per heavy atom. The second kappa shape index (κ2) is 5.12. The highest BCUT2D eigenvalue weighted by atomic mass is 16.5. The summed E-state index contributed by atoms with van der Waals surface area (Å²) in [7, 11) is 1.37. The standard InChI is InChI=1S/C13H18O3/c1-13(2,3)16-9-10-5-7-11(8-6-10)12(14)15-4/h5-8H,9H2,1-4H3. The van der Waals surface area contributed by atoms with Gasteiger partial charge in [0, 0.05) is 0 Å². The number of esters is 1. The van der Waals surface area contributed by atoms with Crippen LogP contribution in [0.4, 0.5) is 0 Å². The van der Waals surface area contributed by atoms with E-state index < -0.39 is 0 Å². The summed E-state index contributed by atoms with van der Waals surface area (Å²) in [5, 5.41) is 0. The van der Waals surface area contributed by atoms with Crippen LogP contribution < -0.4 is 0 Å². The van der Waals surface area contributed by atoms with E-state index >= 15 is 0 Å². The monoisotopic (exact) mass is 222 g/mol. The Balaban J connectivity index is 2.62. The Morgan fingerprint density at radius 2 is 1.75 bits per heavy atom. The average Bonchev–Trinajstić information content (AvgIpc) is 2.25. The van der Waals surface area contributed by atoms with Gasteiger partial charge < -0.3 is 9.47 Å². The van der Waals surface area contributed by atoms with Crippen molar-refractivity contribution in [2.75, 3.05) is 7.11 Å². The summed E-state index contributed by atoms with van der Waals surface area (Å²) in [6, 6.07) is 7.23. The molecule has 88 valence electrons. The van der Waals surface area contributed by atoms with Gasteiger partial charge in [-0.1, -0.05) is 12.1 Å². The molecule has 3 heteroatoms. The van der Waals surface area contributed by atoms with Crippen molar-refractivity contribution in [1.82, 2.24) is 0 Å². The van der Waals surface area contributed by atoms with E-state index in [0.29, 0.717) is 12.2 Å². The first-order valence-electron chi connectivity index (χ1n) is 5.23. The minimum atomic E-state index is -0.316. The van der Waals surface area contributed by atoms with Gasteiger partial charge in [0.15, 0.2) is 0 Å².